The summed E-state index contributed by atoms with van der Waals surface area (Å²) in [7, 11) is -0.580. The van der Waals surface area contributed by atoms with Gasteiger partial charge in [0, 0.05) is 6.54 Å². The third-order valence-electron chi connectivity index (χ3n) is 3.72. The van der Waals surface area contributed by atoms with E-state index in [0.717, 1.165) is 18.5 Å². The molecule has 1 aromatic carbocycles. The Hall–Kier alpha value is -1.33. The fourth-order valence-corrected chi connectivity index (χ4v) is 2.67. The largest absolute Gasteiger partial charge is 0.481 e. The molecule has 4 nitrogen and oxygen atoms in total. The second-order valence-electron chi connectivity index (χ2n) is 4.88. The van der Waals surface area contributed by atoms with Crippen LogP contribution in [0.2, 0.25) is 6.82 Å². The zero-order chi connectivity index (χ0) is 13.1. The molecule has 5 heteroatoms. The van der Waals surface area contributed by atoms with Gasteiger partial charge in [-0.1, -0.05) is 30.3 Å². The molecule has 1 aromatic rings. The summed E-state index contributed by atoms with van der Waals surface area (Å²) in [5.74, 6) is -1.19. The summed E-state index contributed by atoms with van der Waals surface area (Å²) in [6.45, 7) is 2.83. The fraction of sp³-hybridized carbons (Fsp3) is 0.462. The SMILES string of the molecule is CB(O)N1CCC(c2ccccc2)[C@@H](C(=O)O)C1. The molecular formula is C13H18BNO3. The van der Waals surface area contributed by atoms with E-state index < -0.39 is 18.9 Å². The lowest BCUT2D eigenvalue weighted by atomic mass is 9.74. The van der Waals surface area contributed by atoms with E-state index in [1.165, 1.54) is 0 Å². The van der Waals surface area contributed by atoms with Gasteiger partial charge in [0.2, 0.25) is 0 Å². The fourth-order valence-electron chi connectivity index (χ4n) is 2.67. The highest BCUT2D eigenvalue weighted by Crippen LogP contribution is 2.33. The van der Waals surface area contributed by atoms with Crippen LogP contribution >= 0.6 is 0 Å². The maximum Gasteiger partial charge on any atom is 0.376 e. The van der Waals surface area contributed by atoms with Gasteiger partial charge in [0.05, 0.1) is 5.92 Å². The van der Waals surface area contributed by atoms with Crippen molar-refractivity contribution in [1.29, 1.82) is 0 Å². The molecule has 0 bridgehead atoms. The van der Waals surface area contributed by atoms with E-state index in [9.17, 15) is 14.9 Å². The quantitative estimate of drug-likeness (QED) is 0.790. The van der Waals surface area contributed by atoms with Gasteiger partial charge < -0.3 is 14.9 Å². The van der Waals surface area contributed by atoms with E-state index in [2.05, 4.69) is 0 Å². The lowest BCUT2D eigenvalue weighted by molar-refractivity contribution is -0.143. The minimum Gasteiger partial charge on any atom is -0.481 e. The summed E-state index contributed by atoms with van der Waals surface area (Å²) in [5.41, 5.74) is 1.08. The van der Waals surface area contributed by atoms with Gasteiger partial charge in [-0.05, 0) is 31.3 Å². The van der Waals surface area contributed by atoms with Crippen LogP contribution in [0.25, 0.3) is 0 Å². The van der Waals surface area contributed by atoms with Gasteiger partial charge in [-0.3, -0.25) is 4.79 Å². The van der Waals surface area contributed by atoms with Gasteiger partial charge in [0.1, 0.15) is 0 Å². The van der Waals surface area contributed by atoms with Crippen molar-refractivity contribution < 1.29 is 14.9 Å². The van der Waals surface area contributed by atoms with Crippen LogP contribution in [0.1, 0.15) is 17.9 Å². The van der Waals surface area contributed by atoms with E-state index in [4.69, 9.17) is 0 Å². The molecule has 0 saturated carbocycles. The van der Waals surface area contributed by atoms with Crippen LogP contribution in [0.15, 0.2) is 30.3 Å². The first-order chi connectivity index (χ1) is 8.59. The van der Waals surface area contributed by atoms with Crippen molar-refractivity contribution in [2.75, 3.05) is 13.1 Å². The third-order valence-corrected chi connectivity index (χ3v) is 3.72. The zero-order valence-corrected chi connectivity index (χ0v) is 10.5. The Morgan fingerprint density at radius 1 is 1.39 bits per heavy atom. The number of hydrogen-bond donors (Lipinski definition) is 2. The molecule has 1 unspecified atom stereocenters. The number of hydrogen-bond acceptors (Lipinski definition) is 3. The van der Waals surface area contributed by atoms with E-state index in [1.54, 1.807) is 6.82 Å². The molecule has 0 amide bonds. The average Bonchev–Trinajstić information content (AvgIpc) is 2.39. The van der Waals surface area contributed by atoms with Crippen molar-refractivity contribution in [1.82, 2.24) is 4.81 Å². The number of nitrogens with zero attached hydrogens (tertiary/aromatic N) is 1. The van der Waals surface area contributed by atoms with E-state index in [1.807, 2.05) is 35.1 Å². The van der Waals surface area contributed by atoms with Gasteiger partial charge in [-0.2, -0.15) is 0 Å². The second-order valence-corrected chi connectivity index (χ2v) is 4.88. The van der Waals surface area contributed by atoms with Crippen molar-refractivity contribution in [2.45, 2.75) is 19.2 Å². The highest BCUT2D eigenvalue weighted by Gasteiger charge is 2.36. The highest BCUT2D eigenvalue weighted by molar-refractivity contribution is 6.45. The number of carboxylic acids is 1. The second kappa shape index (κ2) is 5.54. The number of rotatable bonds is 3. The summed E-state index contributed by atoms with van der Waals surface area (Å²) in [5, 5.41) is 18.9. The normalized spacial score (nSPS) is 24.8. The topological polar surface area (TPSA) is 60.8 Å². The van der Waals surface area contributed by atoms with Gasteiger partial charge in [0.25, 0.3) is 0 Å². The first-order valence-electron chi connectivity index (χ1n) is 6.29. The molecule has 18 heavy (non-hydrogen) atoms. The molecule has 0 aliphatic carbocycles. The van der Waals surface area contributed by atoms with Gasteiger partial charge >= 0.3 is 13.0 Å². The summed E-state index contributed by atoms with van der Waals surface area (Å²) >= 11 is 0. The van der Waals surface area contributed by atoms with Crippen molar-refractivity contribution in [3.63, 3.8) is 0 Å². The Bertz CT molecular complexity index is 410. The Labute approximate surface area is 107 Å². The third kappa shape index (κ3) is 2.74. The molecule has 1 heterocycles. The molecule has 2 atom stereocenters. The minimum absolute atomic E-state index is 0.0405. The van der Waals surface area contributed by atoms with Crippen LogP contribution in [-0.2, 0) is 4.79 Å². The van der Waals surface area contributed by atoms with Gasteiger partial charge in [-0.25, -0.2) is 0 Å². The maximum atomic E-state index is 11.4. The van der Waals surface area contributed by atoms with E-state index in [-0.39, 0.29) is 5.92 Å². The predicted molar refractivity (Wildman–Crippen MR) is 70.3 cm³/mol. The lowest BCUT2D eigenvalue weighted by Gasteiger charge is -2.37. The summed E-state index contributed by atoms with van der Waals surface area (Å²) in [4.78, 5) is 13.2. The van der Waals surface area contributed by atoms with Gasteiger partial charge in [-0.15, -0.1) is 0 Å². The van der Waals surface area contributed by atoms with E-state index >= 15 is 0 Å². The summed E-state index contributed by atoms with van der Waals surface area (Å²) < 4.78 is 0. The van der Waals surface area contributed by atoms with Crippen LogP contribution in [0.5, 0.6) is 0 Å². The summed E-state index contributed by atoms with van der Waals surface area (Å²) in [6, 6.07) is 9.78. The number of aliphatic carboxylic acids is 1. The average molecular weight is 247 g/mol. The van der Waals surface area contributed by atoms with Gasteiger partial charge in [0.15, 0.2) is 0 Å². The predicted octanol–water partition coefficient (Wildman–Crippen LogP) is 1.29. The first-order valence-corrected chi connectivity index (χ1v) is 6.29. The van der Waals surface area contributed by atoms with Crippen molar-refractivity contribution in [3.8, 4) is 0 Å². The monoisotopic (exact) mass is 247 g/mol. The molecule has 1 aliphatic heterocycles. The highest BCUT2D eigenvalue weighted by atomic mass is 16.4. The Balaban J connectivity index is 2.19. The number of carbonyl (C=O) groups is 1. The Kier molecular flexibility index (Phi) is 4.04. The van der Waals surface area contributed by atoms with Crippen LogP contribution in [-0.4, -0.2) is 41.1 Å². The number of benzene rings is 1. The van der Waals surface area contributed by atoms with Crippen LogP contribution in [0.4, 0.5) is 0 Å². The molecule has 0 radical (unpaired) electrons. The molecule has 2 N–H and O–H groups in total. The number of carboxylic acid groups (broad SMARTS) is 1. The molecule has 1 fully saturated rings. The Morgan fingerprint density at radius 3 is 2.61 bits per heavy atom. The van der Waals surface area contributed by atoms with Crippen LogP contribution < -0.4 is 0 Å². The van der Waals surface area contributed by atoms with Crippen molar-refractivity contribution >= 4 is 13.0 Å². The molecule has 1 saturated heterocycles. The molecule has 2 rings (SSSR count). The molecular weight excluding hydrogens is 229 g/mol. The van der Waals surface area contributed by atoms with Crippen LogP contribution in [0.3, 0.4) is 0 Å². The van der Waals surface area contributed by atoms with E-state index in [0.29, 0.717) is 6.54 Å². The maximum absolute atomic E-state index is 11.4. The smallest absolute Gasteiger partial charge is 0.376 e. The van der Waals surface area contributed by atoms with Crippen LogP contribution in [0, 0.1) is 5.92 Å². The lowest BCUT2D eigenvalue weighted by Crippen LogP contribution is -2.48. The minimum atomic E-state index is -0.783. The van der Waals surface area contributed by atoms with Crippen molar-refractivity contribution in [3.05, 3.63) is 35.9 Å². The molecule has 0 spiro atoms. The van der Waals surface area contributed by atoms with Crippen molar-refractivity contribution in [2.24, 2.45) is 5.92 Å². The first kappa shape index (κ1) is 13.1. The molecule has 0 aromatic heterocycles. The number of piperidine rings is 1. The molecule has 96 valence electrons. The molecule has 1 aliphatic rings. The summed E-state index contributed by atoms with van der Waals surface area (Å²) in [6.07, 6.45) is 0.770. The standard InChI is InChI=1S/C13H18BNO3/c1-14(18)15-8-7-11(12(9-15)13(16)17)10-5-3-2-4-6-10/h2-6,11-12,18H,7-9H2,1H3,(H,16,17)/t11?,12-/m0/s1. The zero-order valence-electron chi connectivity index (χ0n) is 10.5. The Morgan fingerprint density at radius 2 is 2.06 bits per heavy atom.